The summed E-state index contributed by atoms with van der Waals surface area (Å²) in [6.45, 7) is 3.82. The molecule has 0 aliphatic carbocycles. The van der Waals surface area contributed by atoms with Crippen LogP contribution in [0.5, 0.6) is 5.75 Å². The lowest BCUT2D eigenvalue weighted by Gasteiger charge is -2.13. The number of nitrogens with one attached hydrogen (secondary N) is 1. The molecule has 0 spiro atoms. The number of ether oxygens (including phenoxy) is 1. The fraction of sp³-hybridized carbons (Fsp3) is 0.188. The largest absolute Gasteiger partial charge is 0.488 e. The number of imidazole rings is 1. The van der Waals surface area contributed by atoms with Gasteiger partial charge in [0.15, 0.2) is 5.75 Å². The number of fused-ring (bicyclic) bond motifs is 1. The normalized spacial score (nSPS) is 11.4. The topological polar surface area (TPSA) is 37.9 Å². The van der Waals surface area contributed by atoms with Gasteiger partial charge in [0.05, 0.1) is 37.2 Å². The van der Waals surface area contributed by atoms with Gasteiger partial charge in [-0.05, 0) is 38.1 Å². The maximum atomic E-state index is 6.28. The number of rotatable bonds is 3. The average Bonchev–Trinajstić information content (AvgIpc) is 2.85. The second-order valence-corrected chi connectivity index (χ2v) is 6.93. The molecule has 1 aromatic heterocycles. The van der Waals surface area contributed by atoms with E-state index in [1.165, 1.54) is 0 Å². The minimum atomic E-state index is -0.0219. The van der Waals surface area contributed by atoms with Crippen molar-refractivity contribution in [3.05, 3.63) is 44.4 Å². The Morgan fingerprint density at radius 3 is 2.13 bits per heavy atom. The number of H-pyrrole nitrogens is 1. The van der Waals surface area contributed by atoms with Crippen molar-refractivity contribution in [3.63, 3.8) is 0 Å². The standard InChI is InChI=1S/C16H12Cl4N2O/c1-7(2)23-15-11(19)3-8(4-12(15)20)16-21-13-5-9(17)10(18)6-14(13)22-16/h3-7H,1-2H3,(H,21,22). The quantitative estimate of drug-likeness (QED) is 0.545. The van der Waals surface area contributed by atoms with E-state index in [9.17, 15) is 0 Å². The van der Waals surface area contributed by atoms with E-state index in [1.807, 2.05) is 13.8 Å². The minimum Gasteiger partial charge on any atom is -0.488 e. The van der Waals surface area contributed by atoms with Crippen LogP contribution in [0.1, 0.15) is 13.8 Å². The molecule has 120 valence electrons. The molecule has 23 heavy (non-hydrogen) atoms. The predicted molar refractivity (Wildman–Crippen MR) is 97.3 cm³/mol. The Bertz CT molecular complexity index is 827. The van der Waals surface area contributed by atoms with Crippen molar-refractivity contribution < 1.29 is 4.74 Å². The molecule has 3 nitrogen and oxygen atoms in total. The number of aromatic amines is 1. The Kier molecular flexibility index (Phi) is 4.65. The molecule has 0 aliphatic heterocycles. The van der Waals surface area contributed by atoms with E-state index in [2.05, 4.69) is 9.97 Å². The van der Waals surface area contributed by atoms with Crippen molar-refractivity contribution in [1.29, 1.82) is 0 Å². The third kappa shape index (κ3) is 3.38. The van der Waals surface area contributed by atoms with Gasteiger partial charge in [0.25, 0.3) is 0 Å². The molecule has 0 aliphatic rings. The van der Waals surface area contributed by atoms with Gasteiger partial charge >= 0.3 is 0 Å². The van der Waals surface area contributed by atoms with Crippen molar-refractivity contribution in [2.24, 2.45) is 0 Å². The van der Waals surface area contributed by atoms with E-state index in [0.717, 1.165) is 11.1 Å². The fourth-order valence-electron chi connectivity index (χ4n) is 2.19. The predicted octanol–water partition coefficient (Wildman–Crippen LogP) is 6.63. The van der Waals surface area contributed by atoms with Gasteiger partial charge in [-0.15, -0.1) is 0 Å². The Morgan fingerprint density at radius 1 is 0.913 bits per heavy atom. The number of hydrogen-bond donors (Lipinski definition) is 1. The van der Waals surface area contributed by atoms with E-state index in [-0.39, 0.29) is 6.10 Å². The van der Waals surface area contributed by atoms with Crippen LogP contribution in [-0.2, 0) is 0 Å². The molecular weight excluding hydrogens is 378 g/mol. The Morgan fingerprint density at radius 2 is 1.52 bits per heavy atom. The monoisotopic (exact) mass is 388 g/mol. The summed E-state index contributed by atoms with van der Waals surface area (Å²) in [7, 11) is 0. The SMILES string of the molecule is CC(C)Oc1c(Cl)cc(-c2nc3cc(Cl)c(Cl)cc3[nH]2)cc1Cl. The van der Waals surface area contributed by atoms with Gasteiger partial charge in [0.2, 0.25) is 0 Å². The first kappa shape index (κ1) is 16.7. The van der Waals surface area contributed by atoms with Crippen molar-refractivity contribution in [1.82, 2.24) is 9.97 Å². The van der Waals surface area contributed by atoms with E-state index in [1.54, 1.807) is 24.3 Å². The molecule has 3 aromatic rings. The van der Waals surface area contributed by atoms with Crippen LogP contribution in [0.2, 0.25) is 20.1 Å². The summed E-state index contributed by atoms with van der Waals surface area (Å²) < 4.78 is 5.63. The molecule has 0 atom stereocenters. The van der Waals surface area contributed by atoms with E-state index in [4.69, 9.17) is 51.1 Å². The summed E-state index contributed by atoms with van der Waals surface area (Å²) >= 11 is 24.6. The van der Waals surface area contributed by atoms with Crippen LogP contribution in [0.25, 0.3) is 22.4 Å². The Balaban J connectivity index is 2.08. The summed E-state index contributed by atoms with van der Waals surface area (Å²) in [5.74, 6) is 1.09. The van der Waals surface area contributed by atoms with Gasteiger partial charge in [-0.1, -0.05) is 46.4 Å². The zero-order valence-corrected chi connectivity index (χ0v) is 15.3. The first-order chi connectivity index (χ1) is 10.8. The van der Waals surface area contributed by atoms with Crippen LogP contribution in [0.3, 0.4) is 0 Å². The zero-order chi connectivity index (χ0) is 16.7. The fourth-order valence-corrected chi connectivity index (χ4v) is 3.08. The molecule has 0 fully saturated rings. The summed E-state index contributed by atoms with van der Waals surface area (Å²) in [6, 6.07) is 6.95. The van der Waals surface area contributed by atoms with Crippen LogP contribution < -0.4 is 4.74 Å². The van der Waals surface area contributed by atoms with Gasteiger partial charge < -0.3 is 9.72 Å². The maximum Gasteiger partial charge on any atom is 0.156 e. The lowest BCUT2D eigenvalue weighted by Crippen LogP contribution is -2.06. The summed E-state index contributed by atoms with van der Waals surface area (Å²) in [4.78, 5) is 7.68. The third-order valence-corrected chi connectivity index (χ3v) is 4.43. The molecule has 0 saturated carbocycles. The second kappa shape index (κ2) is 6.40. The number of halogens is 4. The van der Waals surface area contributed by atoms with Gasteiger partial charge in [0.1, 0.15) is 5.82 Å². The number of aromatic nitrogens is 2. The lowest BCUT2D eigenvalue weighted by atomic mass is 10.2. The zero-order valence-electron chi connectivity index (χ0n) is 12.3. The molecule has 7 heteroatoms. The third-order valence-electron chi connectivity index (χ3n) is 3.15. The molecule has 2 aromatic carbocycles. The van der Waals surface area contributed by atoms with Crippen LogP contribution in [0.15, 0.2) is 24.3 Å². The molecule has 0 unspecified atom stereocenters. The molecule has 3 rings (SSSR count). The number of nitrogens with zero attached hydrogens (tertiary/aromatic N) is 1. The molecule has 0 saturated heterocycles. The van der Waals surface area contributed by atoms with Crippen molar-refractivity contribution >= 4 is 57.4 Å². The van der Waals surface area contributed by atoms with Gasteiger partial charge in [-0.2, -0.15) is 0 Å². The summed E-state index contributed by atoms with van der Waals surface area (Å²) in [6.07, 6.45) is -0.0219. The van der Waals surface area contributed by atoms with Crippen molar-refractivity contribution in [2.75, 3.05) is 0 Å². The Hall–Kier alpha value is -1.13. The summed E-state index contributed by atoms with van der Waals surface area (Å²) in [5, 5.41) is 1.77. The first-order valence-corrected chi connectivity index (χ1v) is 8.37. The second-order valence-electron chi connectivity index (χ2n) is 5.30. The highest BCUT2D eigenvalue weighted by Crippen LogP contribution is 2.38. The number of benzene rings is 2. The highest BCUT2D eigenvalue weighted by molar-refractivity contribution is 6.42. The van der Waals surface area contributed by atoms with Crippen LogP contribution in [0, 0.1) is 0 Å². The molecule has 0 bridgehead atoms. The highest BCUT2D eigenvalue weighted by Gasteiger charge is 2.15. The van der Waals surface area contributed by atoms with E-state index in [0.29, 0.717) is 37.2 Å². The average molecular weight is 390 g/mol. The van der Waals surface area contributed by atoms with E-state index < -0.39 is 0 Å². The van der Waals surface area contributed by atoms with Crippen LogP contribution >= 0.6 is 46.4 Å². The van der Waals surface area contributed by atoms with Crippen LogP contribution in [0.4, 0.5) is 0 Å². The minimum absolute atomic E-state index is 0.0219. The van der Waals surface area contributed by atoms with Crippen molar-refractivity contribution in [2.45, 2.75) is 20.0 Å². The first-order valence-electron chi connectivity index (χ1n) is 6.86. The van der Waals surface area contributed by atoms with Gasteiger partial charge in [-0.3, -0.25) is 0 Å². The summed E-state index contributed by atoms with van der Waals surface area (Å²) in [5.41, 5.74) is 2.24. The van der Waals surface area contributed by atoms with Gasteiger partial charge in [0, 0.05) is 5.56 Å². The molecule has 0 amide bonds. The highest BCUT2D eigenvalue weighted by atomic mass is 35.5. The smallest absolute Gasteiger partial charge is 0.156 e. The Labute approximate surface area is 153 Å². The molecular formula is C16H12Cl4N2O. The van der Waals surface area contributed by atoms with Crippen molar-refractivity contribution in [3.8, 4) is 17.1 Å². The van der Waals surface area contributed by atoms with Crippen LogP contribution in [-0.4, -0.2) is 16.1 Å². The lowest BCUT2D eigenvalue weighted by molar-refractivity contribution is 0.243. The van der Waals surface area contributed by atoms with Gasteiger partial charge in [-0.25, -0.2) is 4.98 Å². The number of hydrogen-bond acceptors (Lipinski definition) is 2. The van der Waals surface area contributed by atoms with E-state index >= 15 is 0 Å². The molecule has 1 N–H and O–H groups in total. The maximum absolute atomic E-state index is 6.28. The molecule has 0 radical (unpaired) electrons. The molecule has 1 heterocycles.